The highest BCUT2D eigenvalue weighted by Crippen LogP contribution is 2.31. The maximum absolute atomic E-state index is 5.96. The van der Waals surface area contributed by atoms with Gasteiger partial charge in [0.1, 0.15) is 40.4 Å². The molecule has 2 aliphatic rings. The van der Waals surface area contributed by atoms with Gasteiger partial charge in [-0.2, -0.15) is 15.3 Å². The molecule has 7 aromatic rings. The van der Waals surface area contributed by atoms with Crippen LogP contribution in [0, 0.1) is 0 Å². The Bertz CT molecular complexity index is 2140. The first-order valence-corrected chi connectivity index (χ1v) is 16.4. The number of nitrogen functional groups attached to an aromatic ring is 1. The van der Waals surface area contributed by atoms with E-state index in [0.717, 1.165) is 79.2 Å². The highest BCUT2D eigenvalue weighted by atomic mass is 35.5. The van der Waals surface area contributed by atoms with E-state index in [-0.39, 0.29) is 12.5 Å². The number of rotatable bonds is 4. The van der Waals surface area contributed by atoms with Crippen LogP contribution in [-0.2, 0) is 9.47 Å². The van der Waals surface area contributed by atoms with E-state index >= 15 is 0 Å². The van der Waals surface area contributed by atoms with Crippen molar-refractivity contribution in [3.8, 4) is 11.6 Å². The summed E-state index contributed by atoms with van der Waals surface area (Å²) in [5, 5.41) is 18.3. The van der Waals surface area contributed by atoms with Crippen molar-refractivity contribution in [2.24, 2.45) is 0 Å². The highest BCUT2D eigenvalue weighted by Gasteiger charge is 2.22. The van der Waals surface area contributed by atoms with Gasteiger partial charge < -0.3 is 19.9 Å². The third-order valence-electron chi connectivity index (χ3n) is 7.85. The van der Waals surface area contributed by atoms with E-state index in [4.69, 9.17) is 43.1 Å². The third-order valence-corrected chi connectivity index (χ3v) is 8.45. The van der Waals surface area contributed by atoms with E-state index in [1.165, 1.54) is 19.0 Å². The van der Waals surface area contributed by atoms with Crippen LogP contribution in [0.4, 0.5) is 5.69 Å². The van der Waals surface area contributed by atoms with Crippen LogP contribution in [0.5, 0.6) is 11.6 Å². The summed E-state index contributed by atoms with van der Waals surface area (Å²) in [6.07, 6.45) is 15.7. The molecule has 9 rings (SSSR count). The molecule has 6 aromatic heterocycles. The van der Waals surface area contributed by atoms with E-state index in [9.17, 15) is 0 Å². The number of aromatic amines is 1. The third kappa shape index (κ3) is 7.36. The maximum Gasteiger partial charge on any atom is 0.233 e. The normalized spacial score (nSPS) is 17.7. The Morgan fingerprint density at radius 1 is 0.694 bits per heavy atom. The Kier molecular flexibility index (Phi) is 9.97. The summed E-state index contributed by atoms with van der Waals surface area (Å²) in [5.41, 5.74) is 8.50. The van der Waals surface area contributed by atoms with Crippen molar-refractivity contribution in [3.63, 3.8) is 0 Å². The summed E-state index contributed by atoms with van der Waals surface area (Å²) in [4.78, 5) is 24.4. The van der Waals surface area contributed by atoms with Gasteiger partial charge in [0.2, 0.25) is 5.88 Å². The molecule has 252 valence electrons. The molecule has 0 amide bonds. The van der Waals surface area contributed by atoms with Gasteiger partial charge in [-0.05, 0) is 62.8 Å². The molecule has 2 fully saturated rings. The fourth-order valence-corrected chi connectivity index (χ4v) is 5.75. The summed E-state index contributed by atoms with van der Waals surface area (Å²) in [7, 11) is 0. The van der Waals surface area contributed by atoms with Gasteiger partial charge in [-0.25, -0.2) is 39.3 Å². The molecule has 0 aliphatic carbocycles. The van der Waals surface area contributed by atoms with E-state index in [1.807, 2.05) is 4.68 Å². The molecule has 3 N–H and O–H groups in total. The van der Waals surface area contributed by atoms with E-state index < -0.39 is 0 Å². The van der Waals surface area contributed by atoms with Crippen molar-refractivity contribution >= 4 is 62.0 Å². The van der Waals surface area contributed by atoms with Crippen LogP contribution in [0.25, 0.3) is 33.1 Å². The number of fused-ring (bicyclic) bond motifs is 3. The largest absolute Gasteiger partial charge is 0.438 e. The fourth-order valence-electron chi connectivity index (χ4n) is 5.39. The minimum Gasteiger partial charge on any atom is -0.438 e. The molecule has 1 aromatic carbocycles. The molecule has 16 nitrogen and oxygen atoms in total. The zero-order valence-electron chi connectivity index (χ0n) is 26.1. The first-order chi connectivity index (χ1) is 24.0. The van der Waals surface area contributed by atoms with Crippen LogP contribution >= 0.6 is 23.2 Å². The molecule has 2 atom stereocenters. The fraction of sp³-hybridized carbons (Fsp3) is 0.323. The Hall–Kier alpha value is -5.03. The standard InChI is InChI=1S/C16H17N5O2.C10H11ClN4O.C5H3ClN4/c17-11-4-6-12(7-5-11)23-16-13-9-20-21(15(13)18-10-19-16)14-3-1-2-8-22-14;11-9-7-5-14-15(10(7)13-6-12-9)8-3-1-2-4-16-8;6-4-3-1-9-10-5(3)8-2-7-4/h4-7,9-10,14H,1-3,8,17H2;5-6,8H,1-4H2;1-2H,(H,7,8,9,10). The zero-order valence-corrected chi connectivity index (χ0v) is 27.6. The van der Waals surface area contributed by atoms with Gasteiger partial charge in [-0.1, -0.05) is 23.2 Å². The number of ether oxygens (including phenoxy) is 3. The molecule has 0 saturated carbocycles. The Labute approximate surface area is 289 Å². The summed E-state index contributed by atoms with van der Waals surface area (Å²) >= 11 is 11.7. The van der Waals surface area contributed by atoms with Crippen molar-refractivity contribution in [1.29, 1.82) is 0 Å². The van der Waals surface area contributed by atoms with Gasteiger partial charge in [0.05, 0.1) is 29.4 Å². The predicted octanol–water partition coefficient (Wildman–Crippen LogP) is 6.09. The van der Waals surface area contributed by atoms with Crippen LogP contribution in [0.1, 0.15) is 51.0 Å². The molecular formula is C31H31Cl2N13O3. The van der Waals surface area contributed by atoms with Crippen molar-refractivity contribution < 1.29 is 14.2 Å². The quantitative estimate of drug-likeness (QED) is 0.158. The predicted molar refractivity (Wildman–Crippen MR) is 181 cm³/mol. The number of hydrogen-bond donors (Lipinski definition) is 2. The van der Waals surface area contributed by atoms with E-state index in [0.29, 0.717) is 33.3 Å². The summed E-state index contributed by atoms with van der Waals surface area (Å²) in [5.74, 6) is 1.14. The molecule has 2 unspecified atom stereocenters. The smallest absolute Gasteiger partial charge is 0.233 e. The molecule has 2 aliphatic heterocycles. The second-order valence-corrected chi connectivity index (χ2v) is 11.8. The Morgan fingerprint density at radius 3 is 1.92 bits per heavy atom. The van der Waals surface area contributed by atoms with Crippen LogP contribution in [0.2, 0.25) is 10.3 Å². The van der Waals surface area contributed by atoms with E-state index in [1.54, 1.807) is 47.5 Å². The lowest BCUT2D eigenvalue weighted by Gasteiger charge is -2.22. The minimum atomic E-state index is -0.0690. The van der Waals surface area contributed by atoms with Gasteiger partial charge in [-0.15, -0.1) is 0 Å². The zero-order chi connectivity index (χ0) is 33.6. The number of nitrogens with zero attached hydrogens (tertiary/aromatic N) is 11. The monoisotopic (exact) mass is 703 g/mol. The van der Waals surface area contributed by atoms with Gasteiger partial charge >= 0.3 is 0 Å². The second-order valence-electron chi connectivity index (χ2n) is 11.1. The van der Waals surface area contributed by atoms with Gasteiger partial charge in [0.25, 0.3) is 0 Å². The van der Waals surface area contributed by atoms with E-state index in [2.05, 4.69) is 50.3 Å². The van der Waals surface area contributed by atoms with Gasteiger partial charge in [-0.3, -0.25) is 5.10 Å². The molecule has 2 saturated heterocycles. The molecule has 0 radical (unpaired) electrons. The molecular weight excluding hydrogens is 673 g/mol. The topological polar surface area (TPSA) is 195 Å². The molecule has 0 bridgehead atoms. The highest BCUT2D eigenvalue weighted by molar-refractivity contribution is 6.34. The molecule has 49 heavy (non-hydrogen) atoms. The number of benzene rings is 1. The lowest BCUT2D eigenvalue weighted by Crippen LogP contribution is -2.19. The number of halogens is 2. The first-order valence-electron chi connectivity index (χ1n) is 15.6. The second kappa shape index (κ2) is 15.0. The summed E-state index contributed by atoms with van der Waals surface area (Å²) < 4.78 is 20.9. The van der Waals surface area contributed by atoms with Crippen molar-refractivity contribution in [2.45, 2.75) is 51.0 Å². The van der Waals surface area contributed by atoms with Crippen LogP contribution in [0.15, 0.2) is 61.8 Å². The SMILES string of the molecule is Clc1ncnc2[nH]ncc12.Clc1ncnc2c1cnn2C1CCCCO1.Nc1ccc(Oc2ncnc3c2cnn3C2CCCCO2)cc1. The van der Waals surface area contributed by atoms with Crippen molar-refractivity contribution in [2.75, 3.05) is 18.9 Å². The Balaban J connectivity index is 0.000000126. The number of nitrogens with two attached hydrogens (primary N) is 1. The van der Waals surface area contributed by atoms with Crippen LogP contribution in [-0.4, -0.2) is 72.9 Å². The number of H-pyrrole nitrogens is 1. The van der Waals surface area contributed by atoms with Crippen molar-refractivity contribution in [3.05, 3.63) is 72.1 Å². The maximum atomic E-state index is 5.96. The summed E-state index contributed by atoms with van der Waals surface area (Å²) in [6.45, 7) is 1.54. The first kappa shape index (κ1) is 32.5. The van der Waals surface area contributed by atoms with Crippen LogP contribution < -0.4 is 10.5 Å². The number of nitrogens with one attached hydrogen (secondary N) is 1. The average molecular weight is 705 g/mol. The lowest BCUT2D eigenvalue weighted by atomic mass is 10.2. The molecule has 8 heterocycles. The average Bonchev–Trinajstić information content (AvgIpc) is 3.91. The van der Waals surface area contributed by atoms with Crippen LogP contribution in [0.3, 0.4) is 0 Å². The number of aromatic nitrogens is 12. The van der Waals surface area contributed by atoms with Gasteiger partial charge in [0, 0.05) is 18.9 Å². The Morgan fingerprint density at radius 2 is 1.29 bits per heavy atom. The minimum absolute atomic E-state index is 0.0165. The molecule has 18 heteroatoms. The molecule has 0 spiro atoms. The summed E-state index contributed by atoms with van der Waals surface area (Å²) in [6, 6.07) is 7.18. The van der Waals surface area contributed by atoms with Gasteiger partial charge in [0.15, 0.2) is 29.4 Å². The van der Waals surface area contributed by atoms with Crippen molar-refractivity contribution in [1.82, 2.24) is 59.7 Å². The lowest BCUT2D eigenvalue weighted by molar-refractivity contribution is -0.0371. The number of anilines is 1. The number of hydrogen-bond acceptors (Lipinski definition) is 13.